The van der Waals surface area contributed by atoms with Crippen LogP contribution in [-0.4, -0.2) is 19.1 Å². The highest BCUT2D eigenvalue weighted by Crippen LogP contribution is 2.20. The molecule has 0 fully saturated rings. The number of fused-ring (bicyclic) bond motifs is 3. The number of hydrogen-bond donors (Lipinski definition) is 0. The lowest BCUT2D eigenvalue weighted by Crippen LogP contribution is -2.22. The Balaban J connectivity index is 2.46. The predicted octanol–water partition coefficient (Wildman–Crippen LogP) is 2.08. The van der Waals surface area contributed by atoms with E-state index in [4.69, 9.17) is 0 Å². The molecule has 0 aliphatic heterocycles. The highest BCUT2D eigenvalue weighted by molar-refractivity contribution is 6.00. The molecule has 0 aromatic carbocycles. The first-order valence-electron chi connectivity index (χ1n) is 6.52. The molecule has 3 aromatic heterocycles. The van der Waals surface area contributed by atoms with Crippen LogP contribution in [0.25, 0.3) is 22.1 Å². The molecule has 0 spiro atoms. The van der Waals surface area contributed by atoms with Gasteiger partial charge in [-0.05, 0) is 18.6 Å². The number of nitrogens with zero attached hydrogens (tertiary/aromatic N) is 4. The van der Waals surface area contributed by atoms with Crippen LogP contribution in [0.4, 0.5) is 0 Å². The molecular formula is C14H16N4O. The van der Waals surface area contributed by atoms with Gasteiger partial charge in [0.2, 0.25) is 0 Å². The van der Waals surface area contributed by atoms with Gasteiger partial charge < -0.3 is 4.57 Å². The Bertz CT molecular complexity index is 800. The standard InChI is InChI=1S/C14H16N4O/c1-3-4-8-18-13-10(6-5-7-15-13)12-11(14(18)19)16-9-17(12)2/h5-7,9H,3-4,8H2,1-2H3. The molecule has 0 aliphatic carbocycles. The fourth-order valence-corrected chi connectivity index (χ4v) is 2.45. The molecule has 5 nitrogen and oxygen atoms in total. The van der Waals surface area contributed by atoms with Gasteiger partial charge >= 0.3 is 0 Å². The lowest BCUT2D eigenvalue weighted by atomic mass is 10.2. The van der Waals surface area contributed by atoms with E-state index in [2.05, 4.69) is 16.9 Å². The smallest absolute Gasteiger partial charge is 0.280 e. The number of hydrogen-bond acceptors (Lipinski definition) is 3. The van der Waals surface area contributed by atoms with E-state index in [-0.39, 0.29) is 5.56 Å². The first-order chi connectivity index (χ1) is 9.24. The van der Waals surface area contributed by atoms with E-state index >= 15 is 0 Å². The summed E-state index contributed by atoms with van der Waals surface area (Å²) in [4.78, 5) is 21.1. The zero-order valence-corrected chi connectivity index (χ0v) is 11.1. The molecule has 0 N–H and O–H groups in total. The molecule has 3 rings (SSSR count). The average Bonchev–Trinajstić information content (AvgIpc) is 2.81. The van der Waals surface area contributed by atoms with Crippen molar-refractivity contribution in [2.45, 2.75) is 26.3 Å². The normalized spacial score (nSPS) is 11.5. The van der Waals surface area contributed by atoms with Crippen LogP contribution in [0.3, 0.4) is 0 Å². The van der Waals surface area contributed by atoms with Gasteiger partial charge in [0.15, 0.2) is 5.52 Å². The Morgan fingerprint density at radius 1 is 1.32 bits per heavy atom. The molecule has 3 aromatic rings. The van der Waals surface area contributed by atoms with Crippen molar-refractivity contribution in [3.63, 3.8) is 0 Å². The van der Waals surface area contributed by atoms with Gasteiger partial charge in [-0.1, -0.05) is 13.3 Å². The molecule has 0 saturated heterocycles. The summed E-state index contributed by atoms with van der Waals surface area (Å²) < 4.78 is 3.62. The second-order valence-electron chi connectivity index (χ2n) is 4.74. The highest BCUT2D eigenvalue weighted by Gasteiger charge is 2.14. The predicted molar refractivity (Wildman–Crippen MR) is 75.2 cm³/mol. The van der Waals surface area contributed by atoms with Gasteiger partial charge in [-0.15, -0.1) is 0 Å². The van der Waals surface area contributed by atoms with Crippen molar-refractivity contribution in [1.82, 2.24) is 19.1 Å². The summed E-state index contributed by atoms with van der Waals surface area (Å²) in [5.41, 5.74) is 2.09. The van der Waals surface area contributed by atoms with Crippen molar-refractivity contribution in [1.29, 1.82) is 0 Å². The first kappa shape index (κ1) is 11.9. The molecule has 5 heteroatoms. The number of unbranched alkanes of at least 4 members (excludes halogenated alkanes) is 1. The summed E-state index contributed by atoms with van der Waals surface area (Å²) in [5.74, 6) is 0. The van der Waals surface area contributed by atoms with E-state index in [0.717, 1.165) is 29.4 Å². The van der Waals surface area contributed by atoms with Gasteiger partial charge in [0.05, 0.1) is 11.8 Å². The Kier molecular flexibility index (Phi) is 2.81. The molecule has 98 valence electrons. The van der Waals surface area contributed by atoms with E-state index in [0.29, 0.717) is 12.1 Å². The van der Waals surface area contributed by atoms with Crippen molar-refractivity contribution < 1.29 is 0 Å². The lowest BCUT2D eigenvalue weighted by Gasteiger charge is -2.10. The van der Waals surface area contributed by atoms with E-state index in [9.17, 15) is 4.79 Å². The third-order valence-corrected chi connectivity index (χ3v) is 3.42. The van der Waals surface area contributed by atoms with Gasteiger partial charge in [0.1, 0.15) is 5.65 Å². The second kappa shape index (κ2) is 4.50. The molecular weight excluding hydrogens is 240 g/mol. The Morgan fingerprint density at radius 2 is 2.16 bits per heavy atom. The molecule has 0 atom stereocenters. The van der Waals surface area contributed by atoms with E-state index in [1.54, 1.807) is 17.1 Å². The zero-order valence-electron chi connectivity index (χ0n) is 11.1. The zero-order chi connectivity index (χ0) is 13.4. The van der Waals surface area contributed by atoms with Crippen LogP contribution in [0.15, 0.2) is 29.5 Å². The average molecular weight is 256 g/mol. The fraction of sp³-hybridized carbons (Fsp3) is 0.357. The summed E-state index contributed by atoms with van der Waals surface area (Å²) in [7, 11) is 1.90. The van der Waals surface area contributed by atoms with Crippen LogP contribution < -0.4 is 5.56 Å². The SMILES string of the molecule is CCCCn1c(=O)c2ncn(C)c2c2cccnc21. The largest absolute Gasteiger partial charge is 0.333 e. The number of rotatable bonds is 3. The molecule has 19 heavy (non-hydrogen) atoms. The third-order valence-electron chi connectivity index (χ3n) is 3.42. The fourth-order valence-electron chi connectivity index (χ4n) is 2.45. The van der Waals surface area contributed by atoms with Crippen LogP contribution in [0.5, 0.6) is 0 Å². The van der Waals surface area contributed by atoms with Gasteiger partial charge in [-0.25, -0.2) is 9.97 Å². The van der Waals surface area contributed by atoms with Gasteiger partial charge in [-0.3, -0.25) is 9.36 Å². The monoisotopic (exact) mass is 256 g/mol. The van der Waals surface area contributed by atoms with E-state index < -0.39 is 0 Å². The second-order valence-corrected chi connectivity index (χ2v) is 4.74. The van der Waals surface area contributed by atoms with Crippen LogP contribution in [0, 0.1) is 0 Å². The Morgan fingerprint density at radius 3 is 2.95 bits per heavy atom. The molecule has 0 saturated carbocycles. The minimum Gasteiger partial charge on any atom is -0.333 e. The maximum atomic E-state index is 12.5. The highest BCUT2D eigenvalue weighted by atomic mass is 16.1. The van der Waals surface area contributed by atoms with Gasteiger partial charge in [-0.2, -0.15) is 0 Å². The summed E-state index contributed by atoms with van der Waals surface area (Å²) in [6.07, 6.45) is 5.42. The molecule has 0 amide bonds. The van der Waals surface area contributed by atoms with Gasteiger partial charge in [0.25, 0.3) is 5.56 Å². The molecule has 3 heterocycles. The van der Waals surface area contributed by atoms with Crippen LogP contribution in [-0.2, 0) is 13.6 Å². The quantitative estimate of drug-likeness (QED) is 0.721. The summed E-state index contributed by atoms with van der Waals surface area (Å²) in [5, 5.41) is 0.980. The minimum atomic E-state index is -0.0461. The summed E-state index contributed by atoms with van der Waals surface area (Å²) in [6.45, 7) is 2.80. The minimum absolute atomic E-state index is 0.0461. The number of aromatic nitrogens is 4. The number of imidazole rings is 1. The Hall–Kier alpha value is -2.17. The van der Waals surface area contributed by atoms with Crippen molar-refractivity contribution in [3.8, 4) is 0 Å². The topological polar surface area (TPSA) is 52.7 Å². The molecule has 0 radical (unpaired) electrons. The van der Waals surface area contributed by atoms with E-state index in [1.165, 1.54) is 0 Å². The van der Waals surface area contributed by atoms with E-state index in [1.807, 2.05) is 23.7 Å². The Labute approximate surface area is 110 Å². The van der Waals surface area contributed by atoms with Gasteiger partial charge in [0, 0.05) is 25.2 Å². The van der Waals surface area contributed by atoms with Crippen molar-refractivity contribution in [2.75, 3.05) is 0 Å². The lowest BCUT2D eigenvalue weighted by molar-refractivity contribution is 0.630. The third kappa shape index (κ3) is 1.73. The van der Waals surface area contributed by atoms with Crippen molar-refractivity contribution in [3.05, 3.63) is 35.0 Å². The summed E-state index contributed by atoms with van der Waals surface area (Å²) >= 11 is 0. The first-order valence-corrected chi connectivity index (χ1v) is 6.52. The van der Waals surface area contributed by atoms with Crippen LogP contribution >= 0.6 is 0 Å². The molecule has 0 unspecified atom stereocenters. The van der Waals surface area contributed by atoms with Crippen molar-refractivity contribution in [2.24, 2.45) is 7.05 Å². The summed E-state index contributed by atoms with van der Waals surface area (Å²) in [6, 6.07) is 3.89. The maximum absolute atomic E-state index is 12.5. The number of pyridine rings is 2. The molecule has 0 bridgehead atoms. The maximum Gasteiger partial charge on any atom is 0.280 e. The number of aryl methyl sites for hydroxylation is 2. The van der Waals surface area contributed by atoms with Crippen LogP contribution in [0.2, 0.25) is 0 Å². The molecule has 0 aliphatic rings. The van der Waals surface area contributed by atoms with Crippen LogP contribution in [0.1, 0.15) is 19.8 Å². The van der Waals surface area contributed by atoms with Crippen molar-refractivity contribution >= 4 is 22.1 Å².